The number of halogens is 2. The summed E-state index contributed by atoms with van der Waals surface area (Å²) in [6, 6.07) is 11.0. The van der Waals surface area contributed by atoms with Crippen LogP contribution in [0.5, 0.6) is 0 Å². The number of hydrogen-bond acceptors (Lipinski definition) is 4. The third-order valence-corrected chi connectivity index (χ3v) is 5.63. The maximum Gasteiger partial charge on any atom is 0.319 e. The van der Waals surface area contributed by atoms with Crippen LogP contribution in [-0.4, -0.2) is 41.6 Å². The average Bonchev–Trinajstić information content (AvgIpc) is 3.19. The molecule has 33 heavy (non-hydrogen) atoms. The van der Waals surface area contributed by atoms with E-state index in [0.29, 0.717) is 47.9 Å². The van der Waals surface area contributed by atoms with Crippen molar-refractivity contribution < 1.29 is 22.9 Å². The quantitative estimate of drug-likeness (QED) is 0.590. The van der Waals surface area contributed by atoms with Crippen molar-refractivity contribution in [2.45, 2.75) is 19.8 Å². The van der Waals surface area contributed by atoms with Crippen molar-refractivity contribution in [1.29, 1.82) is 0 Å². The minimum Gasteiger partial charge on any atom is -0.360 e. The predicted octanol–water partition coefficient (Wildman–Crippen LogP) is 4.60. The van der Waals surface area contributed by atoms with E-state index in [1.807, 2.05) is 0 Å². The zero-order valence-corrected chi connectivity index (χ0v) is 18.1. The second-order valence-electron chi connectivity index (χ2n) is 8.07. The Morgan fingerprint density at radius 2 is 1.94 bits per heavy atom. The Bertz CT molecular complexity index is 1150. The number of carbonyl (C=O) groups is 2. The molecule has 1 saturated heterocycles. The van der Waals surface area contributed by atoms with Crippen molar-refractivity contribution in [3.63, 3.8) is 0 Å². The fourth-order valence-corrected chi connectivity index (χ4v) is 3.98. The van der Waals surface area contributed by atoms with E-state index < -0.39 is 11.8 Å². The van der Waals surface area contributed by atoms with E-state index in [0.717, 1.165) is 12.8 Å². The number of nitrogens with zero attached hydrogens (tertiary/aromatic N) is 2. The molecule has 7 nitrogen and oxygen atoms in total. The minimum absolute atomic E-state index is 0.0652. The lowest BCUT2D eigenvalue weighted by atomic mass is 9.96. The number of aromatic nitrogens is 1. The molecule has 1 aromatic heterocycles. The van der Waals surface area contributed by atoms with Gasteiger partial charge in [0.15, 0.2) is 0 Å². The average molecular weight is 454 g/mol. The molecule has 0 aliphatic carbocycles. The molecule has 0 radical (unpaired) electrons. The number of carbonyl (C=O) groups excluding carboxylic acids is 2. The van der Waals surface area contributed by atoms with E-state index in [9.17, 15) is 18.4 Å². The molecule has 1 aliphatic rings. The third kappa shape index (κ3) is 5.36. The SMILES string of the molecule is Cc1onc(-c2ccc(F)cc2)c1C(=O)N1CCCC(CNC(=O)Nc2cccc(F)c2)C1. The number of rotatable bonds is 5. The third-order valence-electron chi connectivity index (χ3n) is 5.63. The molecule has 0 spiro atoms. The molecule has 3 aromatic rings. The highest BCUT2D eigenvalue weighted by molar-refractivity contribution is 6.00. The van der Waals surface area contributed by atoms with Gasteiger partial charge in [0.1, 0.15) is 28.7 Å². The van der Waals surface area contributed by atoms with Gasteiger partial charge in [-0.2, -0.15) is 0 Å². The van der Waals surface area contributed by atoms with Gasteiger partial charge in [0.05, 0.1) is 0 Å². The van der Waals surface area contributed by atoms with Gasteiger partial charge in [-0.1, -0.05) is 11.2 Å². The molecule has 2 heterocycles. The summed E-state index contributed by atoms with van der Waals surface area (Å²) >= 11 is 0. The number of benzene rings is 2. The molecular weight excluding hydrogens is 430 g/mol. The van der Waals surface area contributed by atoms with E-state index in [1.54, 1.807) is 30.0 Å². The molecule has 2 N–H and O–H groups in total. The molecule has 172 valence electrons. The van der Waals surface area contributed by atoms with E-state index in [1.165, 1.54) is 30.3 Å². The molecule has 1 aliphatic heterocycles. The van der Waals surface area contributed by atoms with E-state index in [-0.39, 0.29) is 17.6 Å². The van der Waals surface area contributed by atoms with Crippen LogP contribution in [0.15, 0.2) is 53.1 Å². The first-order chi connectivity index (χ1) is 15.9. The highest BCUT2D eigenvalue weighted by Crippen LogP contribution is 2.28. The first-order valence-electron chi connectivity index (χ1n) is 10.7. The Kier molecular flexibility index (Phi) is 6.67. The van der Waals surface area contributed by atoms with E-state index >= 15 is 0 Å². The zero-order chi connectivity index (χ0) is 23.4. The van der Waals surface area contributed by atoms with Gasteiger partial charge in [0.2, 0.25) is 0 Å². The lowest BCUT2D eigenvalue weighted by molar-refractivity contribution is 0.0674. The number of amides is 3. The lowest BCUT2D eigenvalue weighted by Gasteiger charge is -2.33. The van der Waals surface area contributed by atoms with E-state index in [2.05, 4.69) is 15.8 Å². The molecule has 3 amide bonds. The molecule has 0 bridgehead atoms. The van der Waals surface area contributed by atoms with Crippen molar-refractivity contribution in [2.24, 2.45) is 5.92 Å². The standard InChI is InChI=1S/C24H24F2N4O3/c1-15-21(22(29-33-15)17-7-9-18(25)10-8-17)23(31)30-11-3-4-16(14-30)13-27-24(32)28-20-6-2-5-19(26)12-20/h2,5-10,12,16H,3-4,11,13-14H2,1H3,(H2,27,28,32). The molecule has 9 heteroatoms. The molecule has 0 saturated carbocycles. The number of likely N-dealkylation sites (tertiary alicyclic amines) is 1. The van der Waals surface area contributed by atoms with Gasteiger partial charge in [-0.05, 0) is 68.1 Å². The van der Waals surface area contributed by atoms with Crippen molar-refractivity contribution >= 4 is 17.6 Å². The highest BCUT2D eigenvalue weighted by atomic mass is 19.1. The second-order valence-corrected chi connectivity index (χ2v) is 8.07. The summed E-state index contributed by atoms with van der Waals surface area (Å²) in [6.07, 6.45) is 1.65. The number of piperidine rings is 1. The fraction of sp³-hybridized carbons (Fsp3) is 0.292. The largest absolute Gasteiger partial charge is 0.360 e. The number of urea groups is 1. The Morgan fingerprint density at radius 1 is 1.15 bits per heavy atom. The number of nitrogens with one attached hydrogen (secondary N) is 2. The van der Waals surface area contributed by atoms with Crippen LogP contribution in [0.3, 0.4) is 0 Å². The van der Waals surface area contributed by atoms with Crippen LogP contribution in [0.4, 0.5) is 19.3 Å². The molecule has 1 fully saturated rings. The van der Waals surface area contributed by atoms with Crippen molar-refractivity contribution in [3.05, 3.63) is 71.5 Å². The van der Waals surface area contributed by atoms with Crippen molar-refractivity contribution in [3.8, 4) is 11.3 Å². The van der Waals surface area contributed by atoms with Gasteiger partial charge >= 0.3 is 6.03 Å². The monoisotopic (exact) mass is 454 g/mol. The summed E-state index contributed by atoms with van der Waals surface area (Å²) < 4.78 is 31.9. The molecular formula is C24H24F2N4O3. The van der Waals surface area contributed by atoms with Gasteiger partial charge in [0.25, 0.3) is 5.91 Å². The summed E-state index contributed by atoms with van der Waals surface area (Å²) in [5.74, 6) is -0.552. The van der Waals surface area contributed by atoms with Crippen LogP contribution in [0.2, 0.25) is 0 Å². The predicted molar refractivity (Wildman–Crippen MR) is 119 cm³/mol. The summed E-state index contributed by atoms with van der Waals surface area (Å²) in [4.78, 5) is 27.2. The summed E-state index contributed by atoms with van der Waals surface area (Å²) in [6.45, 7) is 3.09. The summed E-state index contributed by atoms with van der Waals surface area (Å²) in [5.41, 5.74) is 1.70. The molecule has 2 aromatic carbocycles. The normalized spacial score (nSPS) is 15.8. The van der Waals surface area contributed by atoms with Crippen LogP contribution in [-0.2, 0) is 0 Å². The highest BCUT2D eigenvalue weighted by Gasteiger charge is 2.30. The minimum atomic E-state index is -0.433. The first kappa shape index (κ1) is 22.4. The maximum atomic E-state index is 13.3. The van der Waals surface area contributed by atoms with E-state index in [4.69, 9.17) is 4.52 Å². The van der Waals surface area contributed by atoms with Crippen molar-refractivity contribution in [1.82, 2.24) is 15.4 Å². The van der Waals surface area contributed by atoms with Crippen LogP contribution in [0.1, 0.15) is 29.0 Å². The van der Waals surface area contributed by atoms with Crippen LogP contribution in [0, 0.1) is 24.5 Å². The topological polar surface area (TPSA) is 87.5 Å². The van der Waals surface area contributed by atoms with Crippen LogP contribution >= 0.6 is 0 Å². The Hall–Kier alpha value is -3.75. The fourth-order valence-electron chi connectivity index (χ4n) is 3.98. The van der Waals surface area contributed by atoms with Gasteiger partial charge < -0.3 is 20.1 Å². The van der Waals surface area contributed by atoms with Gasteiger partial charge in [-0.15, -0.1) is 0 Å². The Morgan fingerprint density at radius 3 is 2.70 bits per heavy atom. The van der Waals surface area contributed by atoms with Gasteiger partial charge in [-0.3, -0.25) is 4.79 Å². The molecule has 4 rings (SSSR count). The summed E-state index contributed by atoms with van der Waals surface area (Å²) in [7, 11) is 0. The zero-order valence-electron chi connectivity index (χ0n) is 18.1. The number of aryl methyl sites for hydroxylation is 1. The molecule has 1 atom stereocenters. The number of anilines is 1. The first-order valence-corrected chi connectivity index (χ1v) is 10.7. The van der Waals surface area contributed by atoms with Crippen molar-refractivity contribution in [2.75, 3.05) is 25.0 Å². The second kappa shape index (κ2) is 9.81. The smallest absolute Gasteiger partial charge is 0.319 e. The maximum absolute atomic E-state index is 13.3. The van der Waals surface area contributed by atoms with Gasteiger partial charge in [0, 0.05) is 30.9 Å². The van der Waals surface area contributed by atoms with Crippen LogP contribution in [0.25, 0.3) is 11.3 Å². The van der Waals surface area contributed by atoms with Gasteiger partial charge in [-0.25, -0.2) is 13.6 Å². The lowest BCUT2D eigenvalue weighted by Crippen LogP contribution is -2.44. The Balaban J connectivity index is 1.39. The Labute approximate surface area is 189 Å². The molecule has 1 unspecified atom stereocenters. The number of hydrogen-bond donors (Lipinski definition) is 2. The summed E-state index contributed by atoms with van der Waals surface area (Å²) in [5, 5.41) is 9.41. The van der Waals surface area contributed by atoms with Crippen LogP contribution < -0.4 is 10.6 Å².